The van der Waals surface area contributed by atoms with Crippen molar-refractivity contribution in [3.63, 3.8) is 0 Å². The minimum Gasteiger partial charge on any atom is -0.494 e. The van der Waals surface area contributed by atoms with Gasteiger partial charge in [0.25, 0.3) is 5.89 Å². The van der Waals surface area contributed by atoms with Crippen LogP contribution in [0, 0.1) is 11.3 Å². The number of aliphatic carboxylic acids is 1. The molecule has 0 radical (unpaired) electrons. The van der Waals surface area contributed by atoms with Gasteiger partial charge in [0.2, 0.25) is 5.82 Å². The molecule has 0 saturated carbocycles. The Bertz CT molecular complexity index is 1530. The molecule has 0 atom stereocenters. The maximum absolute atomic E-state index is 12.2. The highest BCUT2D eigenvalue weighted by atomic mass is 35.5. The second kappa shape index (κ2) is 15.7. The molecule has 1 aliphatic heterocycles. The van der Waals surface area contributed by atoms with Crippen LogP contribution < -0.4 is 10.5 Å². The number of benzene rings is 3. The quantitative estimate of drug-likeness (QED) is 0.168. The average Bonchev–Trinajstić information content (AvgIpc) is 3.49. The third-order valence-electron chi connectivity index (χ3n) is 7.83. The van der Waals surface area contributed by atoms with Crippen molar-refractivity contribution in [3.05, 3.63) is 88.9 Å². The molecular formula is C37H47ClN4O4. The van der Waals surface area contributed by atoms with E-state index in [9.17, 15) is 9.90 Å². The largest absolute Gasteiger partial charge is 0.494 e. The number of ether oxygens (including phenoxy) is 1. The normalized spacial score (nSPS) is 14.9. The van der Waals surface area contributed by atoms with Crippen LogP contribution in [-0.4, -0.2) is 51.4 Å². The number of aromatic nitrogens is 2. The number of halogens is 1. The number of para-hydroxylation sites is 1. The Balaban J connectivity index is 0.000000892. The summed E-state index contributed by atoms with van der Waals surface area (Å²) >= 11 is 6.49. The molecule has 9 heteroatoms. The van der Waals surface area contributed by atoms with E-state index in [0.29, 0.717) is 48.5 Å². The zero-order valence-electron chi connectivity index (χ0n) is 27.6. The molecule has 0 aliphatic carbocycles. The first kappa shape index (κ1) is 35.1. The first-order valence-electron chi connectivity index (χ1n) is 16.0. The molecule has 3 aromatic carbocycles. The van der Waals surface area contributed by atoms with Crippen molar-refractivity contribution in [2.75, 3.05) is 19.7 Å². The number of likely N-dealkylation sites (tertiary alicyclic amines) is 1. The van der Waals surface area contributed by atoms with Crippen molar-refractivity contribution < 1.29 is 19.2 Å². The molecule has 1 aliphatic rings. The third-order valence-corrected chi connectivity index (χ3v) is 8.18. The van der Waals surface area contributed by atoms with Gasteiger partial charge < -0.3 is 20.1 Å². The van der Waals surface area contributed by atoms with E-state index in [1.165, 1.54) is 0 Å². The van der Waals surface area contributed by atoms with Gasteiger partial charge in [-0.15, -0.1) is 0 Å². The van der Waals surface area contributed by atoms with Crippen LogP contribution in [0.3, 0.4) is 0 Å². The Kier molecular flexibility index (Phi) is 12.0. The van der Waals surface area contributed by atoms with Crippen LogP contribution >= 0.6 is 11.6 Å². The van der Waals surface area contributed by atoms with Crippen molar-refractivity contribution in [2.45, 2.75) is 72.4 Å². The topological polar surface area (TPSA) is 115 Å². The second-order valence-corrected chi connectivity index (χ2v) is 14.1. The van der Waals surface area contributed by atoms with Crippen LogP contribution in [-0.2, 0) is 17.8 Å². The lowest BCUT2D eigenvalue weighted by Gasteiger charge is -2.39. The van der Waals surface area contributed by atoms with E-state index in [2.05, 4.69) is 41.0 Å². The van der Waals surface area contributed by atoms with E-state index in [-0.39, 0.29) is 5.54 Å². The molecule has 0 amide bonds. The lowest BCUT2D eigenvalue weighted by atomic mass is 9.76. The van der Waals surface area contributed by atoms with Crippen molar-refractivity contribution >= 4 is 17.6 Å². The molecule has 246 valence electrons. The minimum atomic E-state index is -0.746. The number of nitrogens with two attached hydrogens (primary N) is 1. The van der Waals surface area contributed by atoms with Gasteiger partial charge in [-0.25, -0.2) is 0 Å². The first-order valence-corrected chi connectivity index (χ1v) is 16.3. The van der Waals surface area contributed by atoms with Crippen molar-refractivity contribution in [3.8, 4) is 28.6 Å². The third kappa shape index (κ3) is 10.4. The first-order chi connectivity index (χ1) is 21.8. The lowest BCUT2D eigenvalue weighted by molar-refractivity contribution is -0.153. The molecule has 0 spiro atoms. The van der Waals surface area contributed by atoms with E-state index in [1.807, 2.05) is 81.4 Å². The van der Waals surface area contributed by atoms with E-state index in [4.69, 9.17) is 26.6 Å². The van der Waals surface area contributed by atoms with Crippen molar-refractivity contribution in [2.24, 2.45) is 17.1 Å². The summed E-state index contributed by atoms with van der Waals surface area (Å²) in [4.78, 5) is 19.1. The Hall–Kier alpha value is -3.72. The second-order valence-electron chi connectivity index (χ2n) is 13.7. The SMILES string of the molecule is CC(C)(C)N.CC(C)Cc1ccc(-c2nc(-c3ccc(CN4CCC(CCOc5ccccc5)(C(=O)O)CC4)cc3)no2)cc1Cl. The van der Waals surface area contributed by atoms with Crippen LogP contribution in [0.1, 0.15) is 65.0 Å². The zero-order valence-corrected chi connectivity index (χ0v) is 28.4. The van der Waals surface area contributed by atoms with Crippen LogP contribution in [0.25, 0.3) is 22.8 Å². The fourth-order valence-electron chi connectivity index (χ4n) is 5.35. The predicted molar refractivity (Wildman–Crippen MR) is 184 cm³/mol. The van der Waals surface area contributed by atoms with Gasteiger partial charge in [-0.05, 0) is 101 Å². The summed E-state index contributed by atoms with van der Waals surface area (Å²) in [5.74, 6) is 1.52. The minimum absolute atomic E-state index is 0. The number of hydrogen-bond acceptors (Lipinski definition) is 7. The Labute approximate surface area is 277 Å². The van der Waals surface area contributed by atoms with Gasteiger partial charge in [0.05, 0.1) is 12.0 Å². The van der Waals surface area contributed by atoms with Crippen molar-refractivity contribution in [1.29, 1.82) is 0 Å². The van der Waals surface area contributed by atoms with Crippen LogP contribution in [0.2, 0.25) is 5.02 Å². The molecule has 1 aromatic heterocycles. The number of carboxylic acids is 1. The summed E-state index contributed by atoms with van der Waals surface area (Å²) in [6, 6.07) is 23.5. The summed E-state index contributed by atoms with van der Waals surface area (Å²) in [5.41, 5.74) is 8.54. The number of nitrogens with zero attached hydrogens (tertiary/aromatic N) is 3. The Morgan fingerprint density at radius 2 is 1.67 bits per heavy atom. The van der Waals surface area contributed by atoms with E-state index < -0.39 is 11.4 Å². The Morgan fingerprint density at radius 3 is 2.26 bits per heavy atom. The maximum atomic E-state index is 12.2. The number of carboxylic acid groups (broad SMARTS) is 1. The fourth-order valence-corrected chi connectivity index (χ4v) is 5.61. The number of piperidine rings is 1. The molecule has 4 aromatic rings. The van der Waals surface area contributed by atoms with Gasteiger partial charge >= 0.3 is 5.97 Å². The molecule has 46 heavy (non-hydrogen) atoms. The molecule has 3 N–H and O–H groups in total. The van der Waals surface area contributed by atoms with E-state index in [1.54, 1.807) is 0 Å². The van der Waals surface area contributed by atoms with Crippen molar-refractivity contribution in [1.82, 2.24) is 15.0 Å². The Morgan fingerprint density at radius 1 is 1.04 bits per heavy atom. The van der Waals surface area contributed by atoms with Gasteiger partial charge in [0, 0.05) is 28.2 Å². The highest BCUT2D eigenvalue weighted by Crippen LogP contribution is 2.36. The highest BCUT2D eigenvalue weighted by molar-refractivity contribution is 6.31. The zero-order chi connectivity index (χ0) is 33.3. The molecule has 8 nitrogen and oxygen atoms in total. The smallest absolute Gasteiger partial charge is 0.309 e. The predicted octanol–water partition coefficient (Wildman–Crippen LogP) is 8.14. The maximum Gasteiger partial charge on any atom is 0.309 e. The van der Waals surface area contributed by atoms with Gasteiger partial charge in [0.15, 0.2) is 0 Å². The lowest BCUT2D eigenvalue weighted by Crippen LogP contribution is -2.44. The van der Waals surface area contributed by atoms with Gasteiger partial charge in [-0.2, -0.15) is 4.98 Å². The van der Waals surface area contributed by atoms with Crippen LogP contribution in [0.15, 0.2) is 77.3 Å². The van der Waals surface area contributed by atoms with Crippen LogP contribution in [0.5, 0.6) is 5.75 Å². The summed E-state index contributed by atoms with van der Waals surface area (Å²) in [6.45, 7) is 12.8. The molecule has 2 heterocycles. The molecular weight excluding hydrogens is 600 g/mol. The summed E-state index contributed by atoms with van der Waals surface area (Å²) in [5, 5.41) is 14.9. The molecule has 5 rings (SSSR count). The van der Waals surface area contributed by atoms with E-state index >= 15 is 0 Å². The number of rotatable bonds is 11. The molecule has 1 fully saturated rings. The van der Waals surface area contributed by atoms with Gasteiger partial charge in [-0.1, -0.05) is 79.1 Å². The monoisotopic (exact) mass is 646 g/mol. The van der Waals surface area contributed by atoms with E-state index in [0.717, 1.165) is 54.1 Å². The number of hydrogen-bond donors (Lipinski definition) is 2. The summed E-state index contributed by atoms with van der Waals surface area (Å²) < 4.78 is 11.3. The number of carbonyl (C=O) groups is 1. The van der Waals surface area contributed by atoms with Gasteiger partial charge in [-0.3, -0.25) is 9.69 Å². The van der Waals surface area contributed by atoms with Crippen LogP contribution in [0.4, 0.5) is 0 Å². The standard InChI is InChI=1S/C33H36ClN3O4.C4H11N/c1-23(2)20-26-12-13-27(21-29(26)34)31-35-30(36-41-31)25-10-8-24(9-11-25)22-37-17-14-33(15-18-37,32(38)39)16-19-40-28-6-4-3-5-7-28;1-4(2,3)5/h3-13,21,23H,14-20,22H2,1-2H3,(H,38,39);5H2,1-3H3. The van der Waals surface area contributed by atoms with Gasteiger partial charge in [0.1, 0.15) is 5.75 Å². The molecule has 0 unspecified atom stereocenters. The molecule has 0 bridgehead atoms. The fraction of sp³-hybridized carbons (Fsp3) is 0.432. The average molecular weight is 647 g/mol. The highest BCUT2D eigenvalue weighted by Gasteiger charge is 2.41. The molecule has 1 saturated heterocycles. The summed E-state index contributed by atoms with van der Waals surface area (Å²) in [7, 11) is 0. The summed E-state index contributed by atoms with van der Waals surface area (Å²) in [6.07, 6.45) is 2.63.